The Labute approximate surface area is 119 Å². The molecule has 110 valence electrons. The van der Waals surface area contributed by atoms with Crippen LogP contribution in [0.5, 0.6) is 0 Å². The minimum Gasteiger partial charge on any atom is -0.328 e. The van der Waals surface area contributed by atoms with E-state index in [2.05, 4.69) is 10.6 Å². The number of benzene rings is 1. The number of urea groups is 1. The van der Waals surface area contributed by atoms with Gasteiger partial charge in [0.15, 0.2) is 0 Å². The van der Waals surface area contributed by atoms with Crippen LogP contribution >= 0.6 is 0 Å². The summed E-state index contributed by atoms with van der Waals surface area (Å²) in [6.07, 6.45) is 3.38. The van der Waals surface area contributed by atoms with Crippen LogP contribution in [0.15, 0.2) is 24.3 Å². The van der Waals surface area contributed by atoms with Crippen molar-refractivity contribution in [1.29, 1.82) is 0 Å². The third-order valence-electron chi connectivity index (χ3n) is 3.75. The van der Waals surface area contributed by atoms with Crippen molar-refractivity contribution in [2.24, 2.45) is 5.92 Å². The predicted octanol–water partition coefficient (Wildman–Crippen LogP) is 2.68. The van der Waals surface area contributed by atoms with Gasteiger partial charge in [0, 0.05) is 19.3 Å². The Balaban J connectivity index is 1.76. The van der Waals surface area contributed by atoms with Crippen molar-refractivity contribution in [1.82, 2.24) is 10.2 Å². The number of nitrogens with zero attached hydrogens (tertiary/aromatic N) is 1. The van der Waals surface area contributed by atoms with E-state index in [1.165, 1.54) is 25.0 Å². The summed E-state index contributed by atoms with van der Waals surface area (Å²) in [5.41, 5.74) is 0.490. The molecule has 0 spiro atoms. The number of piperidine rings is 1. The van der Waals surface area contributed by atoms with E-state index in [0.29, 0.717) is 11.6 Å². The van der Waals surface area contributed by atoms with Gasteiger partial charge in [0.25, 0.3) is 0 Å². The first kappa shape index (κ1) is 14.8. The van der Waals surface area contributed by atoms with E-state index in [1.807, 2.05) is 0 Å². The zero-order valence-electron chi connectivity index (χ0n) is 11.9. The fourth-order valence-electron chi connectivity index (χ4n) is 2.43. The largest absolute Gasteiger partial charge is 0.328 e. The monoisotopic (exact) mass is 279 g/mol. The molecule has 20 heavy (non-hydrogen) atoms. The van der Waals surface area contributed by atoms with Crippen molar-refractivity contribution in [2.75, 3.05) is 32.0 Å². The van der Waals surface area contributed by atoms with E-state index in [9.17, 15) is 9.18 Å². The van der Waals surface area contributed by atoms with Gasteiger partial charge in [-0.1, -0.05) is 6.07 Å². The maximum absolute atomic E-state index is 13.0. The molecule has 1 saturated heterocycles. The van der Waals surface area contributed by atoms with Gasteiger partial charge < -0.3 is 15.5 Å². The summed E-state index contributed by atoms with van der Waals surface area (Å²) < 4.78 is 13.0. The summed E-state index contributed by atoms with van der Waals surface area (Å²) in [5.74, 6) is 0.348. The number of halogens is 1. The van der Waals surface area contributed by atoms with Gasteiger partial charge >= 0.3 is 6.03 Å². The molecule has 1 fully saturated rings. The van der Waals surface area contributed by atoms with Crippen molar-refractivity contribution in [3.8, 4) is 0 Å². The molecule has 0 aliphatic carbocycles. The number of anilines is 1. The van der Waals surface area contributed by atoms with Crippen LogP contribution in [0.2, 0.25) is 0 Å². The lowest BCUT2D eigenvalue weighted by Gasteiger charge is -2.25. The van der Waals surface area contributed by atoms with E-state index in [4.69, 9.17) is 0 Å². The number of carbonyl (C=O) groups is 1. The number of hydrogen-bond donors (Lipinski definition) is 2. The summed E-state index contributed by atoms with van der Waals surface area (Å²) >= 11 is 0. The molecule has 0 radical (unpaired) electrons. The molecule has 1 aliphatic heterocycles. The summed E-state index contributed by atoms with van der Waals surface area (Å²) in [4.78, 5) is 13.6. The van der Waals surface area contributed by atoms with Crippen molar-refractivity contribution in [2.45, 2.75) is 19.3 Å². The molecule has 0 bridgehead atoms. The molecule has 1 aromatic rings. The van der Waals surface area contributed by atoms with Gasteiger partial charge in [-0.3, -0.25) is 0 Å². The molecule has 2 rings (SSSR count). The molecular formula is C15H22FN3O. The lowest BCUT2D eigenvalue weighted by molar-refractivity contribution is 0.216. The van der Waals surface area contributed by atoms with Crippen LogP contribution < -0.4 is 10.6 Å². The average molecular weight is 279 g/mol. The lowest BCUT2D eigenvalue weighted by Crippen LogP contribution is -2.35. The van der Waals surface area contributed by atoms with E-state index in [0.717, 1.165) is 26.1 Å². The molecule has 2 N–H and O–H groups in total. The maximum Gasteiger partial charge on any atom is 0.321 e. The first-order valence-corrected chi connectivity index (χ1v) is 7.13. The van der Waals surface area contributed by atoms with Gasteiger partial charge in [-0.15, -0.1) is 0 Å². The van der Waals surface area contributed by atoms with Gasteiger partial charge in [-0.25, -0.2) is 9.18 Å². The third-order valence-corrected chi connectivity index (χ3v) is 3.75. The van der Waals surface area contributed by atoms with Gasteiger partial charge in [0.1, 0.15) is 5.82 Å². The zero-order chi connectivity index (χ0) is 14.4. The second-order valence-corrected chi connectivity index (χ2v) is 5.34. The van der Waals surface area contributed by atoms with E-state index < -0.39 is 0 Å². The highest BCUT2D eigenvalue weighted by Crippen LogP contribution is 2.16. The Hall–Kier alpha value is -1.62. The van der Waals surface area contributed by atoms with Crippen molar-refractivity contribution < 1.29 is 9.18 Å². The summed E-state index contributed by atoms with van der Waals surface area (Å²) in [5, 5.41) is 6.04. The Morgan fingerprint density at radius 3 is 2.90 bits per heavy atom. The summed E-state index contributed by atoms with van der Waals surface area (Å²) in [6, 6.07) is 5.75. The standard InChI is InChI=1S/C15H22FN3O/c1-19(10-7-12-5-8-17-9-6-12)15(20)18-14-4-2-3-13(16)11-14/h2-4,11-12,17H,5-10H2,1H3,(H,18,20). The molecule has 5 heteroatoms. The predicted molar refractivity (Wildman–Crippen MR) is 78.3 cm³/mol. The highest BCUT2D eigenvalue weighted by atomic mass is 19.1. The first-order valence-electron chi connectivity index (χ1n) is 7.13. The average Bonchev–Trinajstić information content (AvgIpc) is 2.46. The zero-order valence-corrected chi connectivity index (χ0v) is 11.9. The molecule has 1 aromatic carbocycles. The molecule has 2 amide bonds. The Bertz CT molecular complexity index is 446. The van der Waals surface area contributed by atoms with Crippen LogP contribution in [0.1, 0.15) is 19.3 Å². The topological polar surface area (TPSA) is 44.4 Å². The quantitative estimate of drug-likeness (QED) is 0.890. The van der Waals surface area contributed by atoms with E-state index in [1.54, 1.807) is 24.1 Å². The van der Waals surface area contributed by atoms with Crippen molar-refractivity contribution in [3.63, 3.8) is 0 Å². The van der Waals surface area contributed by atoms with Crippen LogP contribution in [0, 0.1) is 11.7 Å². The van der Waals surface area contributed by atoms with Gasteiger partial charge in [-0.2, -0.15) is 0 Å². The number of rotatable bonds is 4. The Kier molecular flexibility index (Phi) is 5.35. The summed E-state index contributed by atoms with van der Waals surface area (Å²) in [6.45, 7) is 2.87. The van der Waals surface area contributed by atoms with Crippen LogP contribution in [-0.2, 0) is 0 Å². The second kappa shape index (κ2) is 7.24. The van der Waals surface area contributed by atoms with Crippen molar-refractivity contribution >= 4 is 11.7 Å². The minimum absolute atomic E-state index is 0.190. The Morgan fingerprint density at radius 2 is 2.20 bits per heavy atom. The highest BCUT2D eigenvalue weighted by Gasteiger charge is 2.15. The van der Waals surface area contributed by atoms with Gasteiger partial charge in [0.05, 0.1) is 0 Å². The second-order valence-electron chi connectivity index (χ2n) is 5.34. The van der Waals surface area contributed by atoms with Crippen LogP contribution in [0.25, 0.3) is 0 Å². The molecule has 4 nitrogen and oxygen atoms in total. The van der Waals surface area contributed by atoms with Crippen LogP contribution in [-0.4, -0.2) is 37.6 Å². The molecular weight excluding hydrogens is 257 g/mol. The molecule has 1 aliphatic rings. The fraction of sp³-hybridized carbons (Fsp3) is 0.533. The third kappa shape index (κ3) is 4.49. The molecule has 1 heterocycles. The first-order chi connectivity index (χ1) is 9.65. The van der Waals surface area contributed by atoms with Crippen molar-refractivity contribution in [3.05, 3.63) is 30.1 Å². The number of nitrogens with one attached hydrogen (secondary N) is 2. The number of carbonyl (C=O) groups excluding carboxylic acids is 1. The maximum atomic E-state index is 13.0. The van der Waals surface area contributed by atoms with Crippen LogP contribution in [0.3, 0.4) is 0 Å². The lowest BCUT2D eigenvalue weighted by atomic mass is 9.94. The van der Waals surface area contributed by atoms with Gasteiger partial charge in [-0.05, 0) is 56.5 Å². The fourth-order valence-corrected chi connectivity index (χ4v) is 2.43. The van der Waals surface area contributed by atoms with E-state index in [-0.39, 0.29) is 11.8 Å². The summed E-state index contributed by atoms with van der Waals surface area (Å²) in [7, 11) is 1.77. The van der Waals surface area contributed by atoms with Crippen LogP contribution in [0.4, 0.5) is 14.9 Å². The van der Waals surface area contributed by atoms with E-state index >= 15 is 0 Å². The highest BCUT2D eigenvalue weighted by molar-refractivity contribution is 5.89. The van der Waals surface area contributed by atoms with Gasteiger partial charge in [0.2, 0.25) is 0 Å². The number of amides is 2. The molecule has 0 unspecified atom stereocenters. The SMILES string of the molecule is CN(CCC1CCNCC1)C(=O)Nc1cccc(F)c1. The molecule has 0 saturated carbocycles. The normalized spacial score (nSPS) is 15.9. The molecule has 0 aromatic heterocycles. The Morgan fingerprint density at radius 1 is 1.45 bits per heavy atom. The molecule has 0 atom stereocenters. The minimum atomic E-state index is -0.347. The number of hydrogen-bond acceptors (Lipinski definition) is 2. The smallest absolute Gasteiger partial charge is 0.321 e.